The van der Waals surface area contributed by atoms with Crippen LogP contribution in [0, 0.1) is 10.1 Å². The average Bonchev–Trinajstić information content (AvgIpc) is 2.84. The van der Waals surface area contributed by atoms with Crippen LogP contribution in [0.5, 0.6) is 0 Å². The fraction of sp³-hybridized carbons (Fsp3) is 0.360. The van der Waals surface area contributed by atoms with Gasteiger partial charge in [0, 0.05) is 44.4 Å². The second-order valence-corrected chi connectivity index (χ2v) is 8.58. The van der Waals surface area contributed by atoms with Crippen LogP contribution in [0.15, 0.2) is 54.6 Å². The van der Waals surface area contributed by atoms with E-state index >= 15 is 0 Å². The number of nitro benzene ring substituents is 1. The summed E-state index contributed by atoms with van der Waals surface area (Å²) < 4.78 is 0. The summed E-state index contributed by atoms with van der Waals surface area (Å²) in [4.78, 5) is 40.4. The van der Waals surface area contributed by atoms with Crippen molar-refractivity contribution in [1.82, 2.24) is 15.1 Å². The Kier molecular flexibility index (Phi) is 9.18. The zero-order valence-corrected chi connectivity index (χ0v) is 19.9. The zero-order chi connectivity index (χ0) is 24.5. The molecule has 0 aliphatic carbocycles. The van der Waals surface area contributed by atoms with Crippen molar-refractivity contribution in [3.05, 3.63) is 80.9 Å². The van der Waals surface area contributed by atoms with Crippen molar-refractivity contribution in [3.63, 3.8) is 0 Å². The Balaban J connectivity index is 1.55. The van der Waals surface area contributed by atoms with Gasteiger partial charge in [0.05, 0.1) is 4.92 Å². The van der Waals surface area contributed by atoms with E-state index in [0.717, 1.165) is 31.3 Å². The Morgan fingerprint density at radius 1 is 1.15 bits per heavy atom. The number of benzene rings is 2. The number of carbonyl (C=O) groups is 2. The monoisotopic (exact) mass is 484 g/mol. The molecule has 34 heavy (non-hydrogen) atoms. The molecule has 1 fully saturated rings. The molecule has 0 saturated carbocycles. The van der Waals surface area contributed by atoms with E-state index in [-0.39, 0.29) is 22.2 Å². The molecule has 8 nitrogen and oxygen atoms in total. The molecule has 0 radical (unpaired) electrons. The number of nitrogens with one attached hydrogen (secondary N) is 1. The van der Waals surface area contributed by atoms with Gasteiger partial charge >= 0.3 is 0 Å². The fourth-order valence-electron chi connectivity index (χ4n) is 3.85. The number of amides is 2. The average molecular weight is 485 g/mol. The van der Waals surface area contributed by atoms with Gasteiger partial charge in [-0.1, -0.05) is 67.4 Å². The number of hydrogen-bond donors (Lipinski definition) is 1. The van der Waals surface area contributed by atoms with Gasteiger partial charge in [0.15, 0.2) is 0 Å². The van der Waals surface area contributed by atoms with Gasteiger partial charge in [0.2, 0.25) is 5.91 Å². The predicted octanol–water partition coefficient (Wildman–Crippen LogP) is 4.00. The van der Waals surface area contributed by atoms with Crippen molar-refractivity contribution in [1.29, 1.82) is 0 Å². The maximum atomic E-state index is 13.1. The number of piperazine rings is 1. The van der Waals surface area contributed by atoms with Gasteiger partial charge in [-0.15, -0.1) is 0 Å². The van der Waals surface area contributed by atoms with Crippen LogP contribution in [0.25, 0.3) is 6.08 Å². The van der Waals surface area contributed by atoms with Gasteiger partial charge in [0.25, 0.3) is 11.6 Å². The summed E-state index contributed by atoms with van der Waals surface area (Å²) >= 11 is 5.84. The minimum atomic E-state index is -0.684. The molecule has 1 heterocycles. The molecular formula is C25H29ClN4O4. The Hall–Kier alpha value is -3.23. The normalized spacial score (nSPS) is 15.3. The number of nitrogens with zero attached hydrogens (tertiary/aromatic N) is 3. The van der Waals surface area contributed by atoms with E-state index in [0.29, 0.717) is 25.9 Å². The van der Waals surface area contributed by atoms with Crippen molar-refractivity contribution in [2.75, 3.05) is 32.7 Å². The van der Waals surface area contributed by atoms with Crippen LogP contribution in [-0.4, -0.2) is 65.3 Å². The molecule has 2 aromatic rings. The first kappa shape index (κ1) is 25.4. The highest BCUT2D eigenvalue weighted by molar-refractivity contribution is 6.32. The van der Waals surface area contributed by atoms with E-state index in [1.165, 1.54) is 12.1 Å². The van der Waals surface area contributed by atoms with Crippen LogP contribution < -0.4 is 5.32 Å². The number of hydrogen-bond acceptors (Lipinski definition) is 5. The Bertz CT molecular complexity index is 1040. The lowest BCUT2D eigenvalue weighted by molar-refractivity contribution is -0.384. The summed E-state index contributed by atoms with van der Waals surface area (Å²) in [5, 5.41) is 13.8. The first-order chi connectivity index (χ1) is 16.4. The number of halogens is 1. The molecule has 1 aliphatic heterocycles. The smallest absolute Gasteiger partial charge is 0.288 e. The third-order valence-corrected chi connectivity index (χ3v) is 6.06. The first-order valence-corrected chi connectivity index (χ1v) is 11.7. The highest BCUT2D eigenvalue weighted by Crippen LogP contribution is 2.25. The van der Waals surface area contributed by atoms with Crippen molar-refractivity contribution in [3.8, 4) is 0 Å². The number of rotatable bonds is 9. The minimum Gasteiger partial charge on any atom is -0.340 e. The van der Waals surface area contributed by atoms with Gasteiger partial charge in [-0.25, -0.2) is 0 Å². The number of nitro groups is 1. The molecule has 1 N–H and O–H groups in total. The van der Waals surface area contributed by atoms with E-state index in [1.807, 2.05) is 25.1 Å². The predicted molar refractivity (Wildman–Crippen MR) is 133 cm³/mol. The maximum absolute atomic E-state index is 13.1. The second kappa shape index (κ2) is 12.3. The first-order valence-electron chi connectivity index (χ1n) is 11.4. The quantitative estimate of drug-likeness (QED) is 0.428. The van der Waals surface area contributed by atoms with Crippen molar-refractivity contribution >= 4 is 35.2 Å². The molecule has 0 bridgehead atoms. The van der Waals surface area contributed by atoms with E-state index in [2.05, 4.69) is 34.5 Å². The molecular weight excluding hydrogens is 456 g/mol. The van der Waals surface area contributed by atoms with Gasteiger partial charge in [-0.2, -0.15) is 0 Å². The summed E-state index contributed by atoms with van der Waals surface area (Å²) in [7, 11) is 0. The molecule has 1 atom stereocenters. The lowest BCUT2D eigenvalue weighted by atomic mass is 10.1. The summed E-state index contributed by atoms with van der Waals surface area (Å²) in [5.41, 5.74) is 0.908. The van der Waals surface area contributed by atoms with Crippen LogP contribution in [0.3, 0.4) is 0 Å². The largest absolute Gasteiger partial charge is 0.340 e. The third-order valence-electron chi connectivity index (χ3n) is 5.74. The summed E-state index contributed by atoms with van der Waals surface area (Å²) in [6.07, 6.45) is 5.41. The van der Waals surface area contributed by atoms with Gasteiger partial charge < -0.3 is 10.2 Å². The highest BCUT2D eigenvalue weighted by atomic mass is 35.5. The Morgan fingerprint density at radius 3 is 2.50 bits per heavy atom. The molecule has 9 heteroatoms. The van der Waals surface area contributed by atoms with Crippen LogP contribution in [0.2, 0.25) is 5.02 Å². The third kappa shape index (κ3) is 6.88. The Morgan fingerprint density at radius 2 is 1.85 bits per heavy atom. The van der Waals surface area contributed by atoms with Crippen LogP contribution in [0.1, 0.15) is 35.7 Å². The van der Waals surface area contributed by atoms with E-state index in [1.54, 1.807) is 4.90 Å². The van der Waals surface area contributed by atoms with Crippen LogP contribution >= 0.6 is 11.6 Å². The standard InChI is InChI=1S/C25H29ClN4O4/c1-2-7-22(27-24(31)20-11-12-21(26)23(18-20)30(33)34)25(32)29-16-14-28(15-17-29)13-6-10-19-8-4-3-5-9-19/h3-6,8-12,18,22H,2,7,13-17H2,1H3,(H,27,31)/b10-6+. The van der Waals surface area contributed by atoms with Gasteiger partial charge in [0.1, 0.15) is 11.1 Å². The second-order valence-electron chi connectivity index (χ2n) is 8.18. The van der Waals surface area contributed by atoms with E-state index in [4.69, 9.17) is 11.6 Å². The van der Waals surface area contributed by atoms with Crippen LogP contribution in [-0.2, 0) is 4.79 Å². The van der Waals surface area contributed by atoms with Crippen molar-refractivity contribution in [2.24, 2.45) is 0 Å². The lowest BCUT2D eigenvalue weighted by Crippen LogP contribution is -2.54. The van der Waals surface area contributed by atoms with E-state index in [9.17, 15) is 19.7 Å². The van der Waals surface area contributed by atoms with Crippen LogP contribution in [0.4, 0.5) is 5.69 Å². The zero-order valence-electron chi connectivity index (χ0n) is 19.2. The molecule has 2 aromatic carbocycles. The molecule has 2 amide bonds. The number of carbonyl (C=O) groups excluding carboxylic acids is 2. The molecule has 0 aromatic heterocycles. The highest BCUT2D eigenvalue weighted by Gasteiger charge is 2.28. The minimum absolute atomic E-state index is 0.0424. The van der Waals surface area contributed by atoms with Gasteiger partial charge in [-0.3, -0.25) is 24.6 Å². The SMILES string of the molecule is CCCC(NC(=O)c1ccc(Cl)c([N+](=O)[O-])c1)C(=O)N1CCN(C/C=C/c2ccccc2)CC1. The molecule has 180 valence electrons. The molecule has 1 saturated heterocycles. The van der Waals surface area contributed by atoms with Crippen molar-refractivity contribution in [2.45, 2.75) is 25.8 Å². The lowest BCUT2D eigenvalue weighted by Gasteiger charge is -2.36. The maximum Gasteiger partial charge on any atom is 0.288 e. The molecule has 1 aliphatic rings. The molecule has 1 unspecified atom stereocenters. The van der Waals surface area contributed by atoms with Crippen molar-refractivity contribution < 1.29 is 14.5 Å². The van der Waals surface area contributed by atoms with Gasteiger partial charge in [-0.05, 0) is 24.1 Å². The summed E-state index contributed by atoms with van der Waals surface area (Å²) in [6.45, 7) is 5.42. The molecule has 3 rings (SSSR count). The van der Waals surface area contributed by atoms with E-state index < -0.39 is 16.9 Å². The fourth-order valence-corrected chi connectivity index (χ4v) is 4.04. The topological polar surface area (TPSA) is 95.8 Å². The Labute approximate surface area is 204 Å². The molecule has 0 spiro atoms. The summed E-state index contributed by atoms with van der Waals surface area (Å²) in [6, 6.07) is 13.3. The summed E-state index contributed by atoms with van der Waals surface area (Å²) in [5.74, 6) is -0.658.